The molecule has 1 amide bonds. The zero-order valence-electron chi connectivity index (χ0n) is 14.6. The number of nitrogens with zero attached hydrogens (tertiary/aromatic N) is 3. The molecule has 2 aliphatic rings. The fourth-order valence-electron chi connectivity index (χ4n) is 3.77. The molecule has 0 radical (unpaired) electrons. The Morgan fingerprint density at radius 3 is 2.85 bits per heavy atom. The molecule has 3 heterocycles. The number of hydrogen-bond donors (Lipinski definition) is 0. The molecule has 0 saturated carbocycles. The van der Waals surface area contributed by atoms with Crippen LogP contribution in [0.3, 0.4) is 0 Å². The first-order valence-corrected chi connectivity index (χ1v) is 11.2. The van der Waals surface area contributed by atoms with Crippen molar-refractivity contribution in [2.75, 3.05) is 23.9 Å². The number of aryl methyl sites for hydroxylation is 1. The van der Waals surface area contributed by atoms with Gasteiger partial charge in [0.15, 0.2) is 0 Å². The second-order valence-corrected chi connectivity index (χ2v) is 9.77. The molecule has 26 heavy (non-hydrogen) atoms. The van der Waals surface area contributed by atoms with Gasteiger partial charge in [-0.1, -0.05) is 18.2 Å². The lowest BCUT2D eigenvalue weighted by Crippen LogP contribution is -2.49. The fraction of sp³-hybridized carbons (Fsp3) is 0.444. The van der Waals surface area contributed by atoms with Crippen molar-refractivity contribution in [2.45, 2.75) is 31.4 Å². The van der Waals surface area contributed by atoms with Gasteiger partial charge in [0.2, 0.25) is 10.0 Å². The summed E-state index contributed by atoms with van der Waals surface area (Å²) in [6, 6.07) is 7.66. The molecule has 0 unspecified atom stereocenters. The lowest BCUT2D eigenvalue weighted by Gasteiger charge is -2.34. The monoisotopic (exact) mass is 391 g/mol. The quantitative estimate of drug-likeness (QED) is 0.806. The summed E-state index contributed by atoms with van der Waals surface area (Å²) < 4.78 is 28.0. The molecule has 138 valence electrons. The van der Waals surface area contributed by atoms with Crippen LogP contribution in [0.4, 0.5) is 5.69 Å². The SMILES string of the molecule is Cc1ncsc1C(=O)N1CCC[C@@H](S(=O)(=O)N2CCc3ccccc32)C1. The molecule has 1 fully saturated rings. The summed E-state index contributed by atoms with van der Waals surface area (Å²) in [5.41, 5.74) is 4.22. The number of fused-ring (bicyclic) bond motifs is 1. The van der Waals surface area contributed by atoms with Crippen LogP contribution in [-0.2, 0) is 16.4 Å². The Kier molecular flexibility index (Phi) is 4.48. The molecule has 1 atom stereocenters. The number of para-hydroxylation sites is 1. The van der Waals surface area contributed by atoms with Crippen molar-refractivity contribution in [3.63, 3.8) is 0 Å². The molecular formula is C18H21N3O3S2. The van der Waals surface area contributed by atoms with Crippen LogP contribution < -0.4 is 4.31 Å². The van der Waals surface area contributed by atoms with Gasteiger partial charge in [-0.05, 0) is 37.8 Å². The van der Waals surface area contributed by atoms with Crippen molar-refractivity contribution < 1.29 is 13.2 Å². The number of amides is 1. The number of carbonyl (C=O) groups excluding carboxylic acids is 1. The average molecular weight is 392 g/mol. The van der Waals surface area contributed by atoms with Crippen molar-refractivity contribution in [3.05, 3.63) is 45.9 Å². The van der Waals surface area contributed by atoms with Gasteiger partial charge < -0.3 is 4.90 Å². The van der Waals surface area contributed by atoms with Crippen LogP contribution in [-0.4, -0.2) is 49.1 Å². The molecule has 0 aliphatic carbocycles. The van der Waals surface area contributed by atoms with E-state index in [-0.39, 0.29) is 12.5 Å². The molecule has 6 nitrogen and oxygen atoms in total. The van der Waals surface area contributed by atoms with Gasteiger partial charge in [-0.2, -0.15) is 0 Å². The number of likely N-dealkylation sites (tertiary alicyclic amines) is 1. The molecule has 1 saturated heterocycles. The Balaban J connectivity index is 1.56. The molecule has 1 aromatic heterocycles. The molecule has 1 aromatic carbocycles. The predicted octanol–water partition coefficient (Wildman–Crippen LogP) is 2.45. The van der Waals surface area contributed by atoms with Crippen LogP contribution in [0.15, 0.2) is 29.8 Å². The van der Waals surface area contributed by atoms with Gasteiger partial charge in [-0.25, -0.2) is 13.4 Å². The smallest absolute Gasteiger partial charge is 0.265 e. The van der Waals surface area contributed by atoms with Gasteiger partial charge in [-0.15, -0.1) is 11.3 Å². The van der Waals surface area contributed by atoms with E-state index in [1.165, 1.54) is 11.3 Å². The van der Waals surface area contributed by atoms with E-state index >= 15 is 0 Å². The van der Waals surface area contributed by atoms with E-state index in [4.69, 9.17) is 0 Å². The highest BCUT2D eigenvalue weighted by Crippen LogP contribution is 2.33. The number of piperidine rings is 1. The van der Waals surface area contributed by atoms with Crippen molar-refractivity contribution in [3.8, 4) is 0 Å². The van der Waals surface area contributed by atoms with E-state index in [0.717, 1.165) is 17.7 Å². The van der Waals surface area contributed by atoms with Gasteiger partial charge in [-0.3, -0.25) is 9.10 Å². The standard InChI is InChI=1S/C18H21N3O3S2/c1-13-17(25-12-19-13)18(22)20-9-4-6-15(11-20)26(23,24)21-10-8-14-5-2-3-7-16(14)21/h2-3,5,7,12,15H,4,6,8-11H2,1H3/t15-/m1/s1. The normalized spacial score (nSPS) is 20.3. The molecule has 0 bridgehead atoms. The van der Waals surface area contributed by atoms with Gasteiger partial charge in [0.05, 0.1) is 22.1 Å². The van der Waals surface area contributed by atoms with E-state index in [0.29, 0.717) is 36.5 Å². The number of sulfonamides is 1. The number of carbonyl (C=O) groups is 1. The lowest BCUT2D eigenvalue weighted by molar-refractivity contribution is 0.0731. The third-order valence-corrected chi connectivity index (χ3v) is 8.32. The van der Waals surface area contributed by atoms with Gasteiger partial charge >= 0.3 is 0 Å². The van der Waals surface area contributed by atoms with E-state index in [1.54, 1.807) is 14.7 Å². The number of benzene rings is 1. The van der Waals surface area contributed by atoms with Gasteiger partial charge in [0.25, 0.3) is 5.91 Å². The summed E-state index contributed by atoms with van der Waals surface area (Å²) >= 11 is 1.31. The first kappa shape index (κ1) is 17.5. The molecule has 2 aliphatic heterocycles. The van der Waals surface area contributed by atoms with Crippen LogP contribution in [0.2, 0.25) is 0 Å². The number of rotatable bonds is 3. The summed E-state index contributed by atoms with van der Waals surface area (Å²) in [7, 11) is -3.49. The minimum absolute atomic E-state index is 0.105. The largest absolute Gasteiger partial charge is 0.337 e. The van der Waals surface area contributed by atoms with Crippen LogP contribution >= 0.6 is 11.3 Å². The third-order valence-electron chi connectivity index (χ3n) is 5.18. The molecule has 4 rings (SSSR count). The maximum Gasteiger partial charge on any atom is 0.265 e. The zero-order chi connectivity index (χ0) is 18.3. The van der Waals surface area contributed by atoms with E-state index < -0.39 is 15.3 Å². The predicted molar refractivity (Wildman–Crippen MR) is 102 cm³/mol. The van der Waals surface area contributed by atoms with Crippen molar-refractivity contribution in [1.82, 2.24) is 9.88 Å². The Labute approximate surface area is 157 Å². The molecule has 8 heteroatoms. The highest BCUT2D eigenvalue weighted by atomic mass is 32.2. The Morgan fingerprint density at radius 2 is 2.08 bits per heavy atom. The Hall–Kier alpha value is -1.93. The van der Waals surface area contributed by atoms with E-state index in [2.05, 4.69) is 4.98 Å². The first-order chi connectivity index (χ1) is 12.5. The van der Waals surface area contributed by atoms with Crippen LogP contribution in [0.5, 0.6) is 0 Å². The van der Waals surface area contributed by atoms with Gasteiger partial charge in [0, 0.05) is 19.6 Å². The maximum atomic E-state index is 13.3. The van der Waals surface area contributed by atoms with E-state index in [9.17, 15) is 13.2 Å². The maximum absolute atomic E-state index is 13.3. The van der Waals surface area contributed by atoms with Crippen molar-refractivity contribution in [1.29, 1.82) is 0 Å². The Bertz CT molecular complexity index is 939. The highest BCUT2D eigenvalue weighted by Gasteiger charge is 2.39. The fourth-order valence-corrected chi connectivity index (χ4v) is 6.53. The summed E-state index contributed by atoms with van der Waals surface area (Å²) in [6.45, 7) is 3.14. The summed E-state index contributed by atoms with van der Waals surface area (Å²) in [4.78, 5) is 19.2. The number of anilines is 1. The number of aromatic nitrogens is 1. The average Bonchev–Trinajstić information content (AvgIpc) is 3.27. The minimum atomic E-state index is -3.49. The van der Waals surface area contributed by atoms with Crippen LogP contribution in [0.25, 0.3) is 0 Å². The van der Waals surface area contributed by atoms with Crippen molar-refractivity contribution >= 4 is 33.0 Å². The summed E-state index contributed by atoms with van der Waals surface area (Å²) in [6.07, 6.45) is 2.03. The highest BCUT2D eigenvalue weighted by molar-refractivity contribution is 7.93. The second-order valence-electron chi connectivity index (χ2n) is 6.78. The van der Waals surface area contributed by atoms with Gasteiger partial charge in [0.1, 0.15) is 4.88 Å². The number of thiazole rings is 1. The minimum Gasteiger partial charge on any atom is -0.337 e. The van der Waals surface area contributed by atoms with Crippen LogP contribution in [0.1, 0.15) is 33.8 Å². The molecular weight excluding hydrogens is 370 g/mol. The molecule has 0 N–H and O–H groups in total. The third kappa shape index (κ3) is 2.91. The molecule has 2 aromatic rings. The second kappa shape index (κ2) is 6.66. The summed E-state index contributed by atoms with van der Waals surface area (Å²) in [5, 5.41) is -0.556. The molecule has 0 spiro atoms. The Morgan fingerprint density at radius 1 is 1.27 bits per heavy atom. The number of hydrogen-bond acceptors (Lipinski definition) is 5. The van der Waals surface area contributed by atoms with E-state index in [1.807, 2.05) is 31.2 Å². The van der Waals surface area contributed by atoms with Crippen molar-refractivity contribution in [2.24, 2.45) is 0 Å². The topological polar surface area (TPSA) is 70.6 Å². The summed E-state index contributed by atoms with van der Waals surface area (Å²) in [5.74, 6) is -0.105. The zero-order valence-corrected chi connectivity index (χ0v) is 16.2. The van der Waals surface area contributed by atoms with Crippen LogP contribution in [0, 0.1) is 6.92 Å². The lowest BCUT2D eigenvalue weighted by atomic mass is 10.1. The first-order valence-electron chi connectivity index (χ1n) is 8.77.